The molecule has 3 aromatic rings. The van der Waals surface area contributed by atoms with Crippen LogP contribution in [0.25, 0.3) is 11.3 Å². The van der Waals surface area contributed by atoms with E-state index in [0.29, 0.717) is 15.7 Å². The Hall–Kier alpha value is -1.89. The van der Waals surface area contributed by atoms with Gasteiger partial charge in [-0.3, -0.25) is 15.1 Å². The molecule has 1 N–H and O–H groups in total. The van der Waals surface area contributed by atoms with Crippen LogP contribution in [0.4, 0.5) is 5.13 Å². The van der Waals surface area contributed by atoms with Crippen molar-refractivity contribution in [2.24, 2.45) is 0 Å². The lowest BCUT2D eigenvalue weighted by Crippen LogP contribution is -2.12. The van der Waals surface area contributed by atoms with Crippen LogP contribution in [-0.4, -0.2) is 22.1 Å². The van der Waals surface area contributed by atoms with Gasteiger partial charge in [0, 0.05) is 28.2 Å². The van der Waals surface area contributed by atoms with Crippen molar-refractivity contribution in [1.29, 1.82) is 0 Å². The number of thioether (sulfide) groups is 1. The minimum absolute atomic E-state index is 0.262. The van der Waals surface area contributed by atoms with Crippen molar-refractivity contribution < 1.29 is 4.79 Å². The first kappa shape index (κ1) is 16.0. The van der Waals surface area contributed by atoms with Gasteiger partial charge in [0.2, 0.25) is 0 Å². The zero-order valence-electron chi connectivity index (χ0n) is 12.1. The molecule has 0 spiro atoms. The van der Waals surface area contributed by atoms with Gasteiger partial charge in [-0.1, -0.05) is 11.6 Å². The maximum atomic E-state index is 12.4. The first-order chi connectivity index (χ1) is 11.2. The fourth-order valence-corrected chi connectivity index (χ4v) is 3.31. The van der Waals surface area contributed by atoms with Gasteiger partial charge in [0.1, 0.15) is 0 Å². The summed E-state index contributed by atoms with van der Waals surface area (Å²) in [6, 6.07) is 9.14. The van der Waals surface area contributed by atoms with E-state index in [1.165, 1.54) is 11.3 Å². The molecule has 0 fully saturated rings. The molecule has 0 unspecified atom stereocenters. The number of benzene rings is 1. The molecule has 0 aliphatic rings. The van der Waals surface area contributed by atoms with Crippen LogP contribution in [0.15, 0.2) is 53.0 Å². The van der Waals surface area contributed by atoms with Gasteiger partial charge in [-0.05, 0) is 36.6 Å². The topological polar surface area (TPSA) is 54.9 Å². The van der Waals surface area contributed by atoms with Crippen molar-refractivity contribution in [2.75, 3.05) is 11.6 Å². The van der Waals surface area contributed by atoms with Crippen LogP contribution in [0.1, 0.15) is 10.4 Å². The molecule has 0 radical (unpaired) electrons. The average molecular weight is 362 g/mol. The fraction of sp³-hybridized carbons (Fsp3) is 0.0625. The molecule has 1 amide bonds. The van der Waals surface area contributed by atoms with Crippen LogP contribution in [0.2, 0.25) is 5.02 Å². The highest BCUT2D eigenvalue weighted by molar-refractivity contribution is 7.98. The van der Waals surface area contributed by atoms with Gasteiger partial charge in [-0.2, -0.15) is 0 Å². The first-order valence-corrected chi connectivity index (χ1v) is 9.16. The predicted molar refractivity (Wildman–Crippen MR) is 96.5 cm³/mol. The van der Waals surface area contributed by atoms with E-state index in [2.05, 4.69) is 15.3 Å². The summed E-state index contributed by atoms with van der Waals surface area (Å²) >= 11 is 9.05. The second-order valence-electron chi connectivity index (χ2n) is 4.57. The van der Waals surface area contributed by atoms with E-state index >= 15 is 0 Å². The molecule has 0 aliphatic carbocycles. The highest BCUT2D eigenvalue weighted by Crippen LogP contribution is 2.27. The largest absolute Gasteiger partial charge is 0.298 e. The average Bonchev–Trinajstić information content (AvgIpc) is 3.04. The molecular weight excluding hydrogens is 350 g/mol. The van der Waals surface area contributed by atoms with E-state index in [-0.39, 0.29) is 5.91 Å². The van der Waals surface area contributed by atoms with Gasteiger partial charge in [0.25, 0.3) is 5.91 Å². The van der Waals surface area contributed by atoms with Gasteiger partial charge >= 0.3 is 0 Å². The normalized spacial score (nSPS) is 10.5. The van der Waals surface area contributed by atoms with Crippen LogP contribution in [-0.2, 0) is 0 Å². The Kier molecular flexibility index (Phi) is 4.95. The molecule has 2 aromatic heterocycles. The van der Waals surface area contributed by atoms with E-state index in [9.17, 15) is 4.79 Å². The number of nitrogens with zero attached hydrogens (tertiary/aromatic N) is 2. The second kappa shape index (κ2) is 7.12. The number of halogens is 1. The van der Waals surface area contributed by atoms with Gasteiger partial charge < -0.3 is 0 Å². The van der Waals surface area contributed by atoms with E-state index in [4.69, 9.17) is 11.6 Å². The summed E-state index contributed by atoms with van der Waals surface area (Å²) < 4.78 is 0. The van der Waals surface area contributed by atoms with Crippen molar-refractivity contribution in [3.05, 3.63) is 58.7 Å². The SMILES string of the molecule is CSc1ccc(Cl)c(C(=O)Nc2nc(-c3ccncc3)cs2)c1. The van der Waals surface area contributed by atoms with Crippen LogP contribution in [0.5, 0.6) is 0 Å². The zero-order valence-corrected chi connectivity index (χ0v) is 14.5. The third-order valence-corrected chi connectivity index (χ3v) is 4.93. The lowest BCUT2D eigenvalue weighted by molar-refractivity contribution is 0.102. The number of aromatic nitrogens is 2. The van der Waals surface area contributed by atoms with Crippen molar-refractivity contribution >= 4 is 45.7 Å². The molecule has 0 saturated carbocycles. The minimum atomic E-state index is -0.262. The zero-order chi connectivity index (χ0) is 16.2. The maximum absolute atomic E-state index is 12.4. The third kappa shape index (κ3) is 3.72. The molecule has 2 heterocycles. The Morgan fingerprint density at radius 3 is 2.78 bits per heavy atom. The number of carbonyl (C=O) groups excluding carboxylic acids is 1. The van der Waals surface area contributed by atoms with Crippen molar-refractivity contribution in [1.82, 2.24) is 9.97 Å². The lowest BCUT2D eigenvalue weighted by Gasteiger charge is -2.06. The molecule has 0 atom stereocenters. The van der Waals surface area contributed by atoms with Gasteiger partial charge in [0.15, 0.2) is 5.13 Å². The van der Waals surface area contributed by atoms with Crippen LogP contribution >= 0.6 is 34.7 Å². The van der Waals surface area contributed by atoms with Crippen LogP contribution in [0, 0.1) is 0 Å². The van der Waals surface area contributed by atoms with Crippen molar-refractivity contribution in [3.63, 3.8) is 0 Å². The highest BCUT2D eigenvalue weighted by Gasteiger charge is 2.13. The van der Waals surface area contributed by atoms with E-state index < -0.39 is 0 Å². The molecule has 0 bridgehead atoms. The summed E-state index contributed by atoms with van der Waals surface area (Å²) in [4.78, 5) is 21.8. The molecule has 3 rings (SSSR count). The number of carbonyl (C=O) groups is 1. The first-order valence-electron chi connectivity index (χ1n) is 6.68. The Labute approximate surface area is 146 Å². The number of nitrogens with one attached hydrogen (secondary N) is 1. The second-order valence-corrected chi connectivity index (χ2v) is 6.72. The number of hydrogen-bond donors (Lipinski definition) is 1. The Morgan fingerprint density at radius 2 is 2.04 bits per heavy atom. The number of hydrogen-bond acceptors (Lipinski definition) is 5. The summed E-state index contributed by atoms with van der Waals surface area (Å²) in [5.41, 5.74) is 2.20. The van der Waals surface area contributed by atoms with Gasteiger partial charge in [0.05, 0.1) is 16.3 Å². The maximum Gasteiger partial charge on any atom is 0.258 e. The number of amides is 1. The van der Waals surface area contributed by atoms with Crippen molar-refractivity contribution in [2.45, 2.75) is 4.90 Å². The standard InChI is InChI=1S/C16H12ClN3OS2/c1-22-11-2-3-13(17)12(8-11)15(21)20-16-19-14(9-23-16)10-4-6-18-7-5-10/h2-9H,1H3,(H,19,20,21). The van der Waals surface area contributed by atoms with Crippen LogP contribution < -0.4 is 5.32 Å². The molecule has 23 heavy (non-hydrogen) atoms. The smallest absolute Gasteiger partial charge is 0.258 e. The monoisotopic (exact) mass is 361 g/mol. The molecule has 0 aliphatic heterocycles. The minimum Gasteiger partial charge on any atom is -0.298 e. The predicted octanol–water partition coefficient (Wildman–Crippen LogP) is 4.83. The fourth-order valence-electron chi connectivity index (χ4n) is 1.96. The third-order valence-electron chi connectivity index (χ3n) is 3.12. The highest BCUT2D eigenvalue weighted by atomic mass is 35.5. The Bertz CT molecular complexity index is 836. The van der Waals surface area contributed by atoms with Gasteiger partial charge in [-0.25, -0.2) is 4.98 Å². The summed E-state index contributed by atoms with van der Waals surface area (Å²) in [5.74, 6) is -0.262. The summed E-state index contributed by atoms with van der Waals surface area (Å²) in [5, 5.41) is 5.65. The van der Waals surface area contributed by atoms with Gasteiger partial charge in [-0.15, -0.1) is 23.1 Å². The Balaban J connectivity index is 1.80. The molecular formula is C16H12ClN3OS2. The lowest BCUT2D eigenvalue weighted by atomic mass is 10.2. The van der Waals surface area contributed by atoms with Crippen LogP contribution in [0.3, 0.4) is 0 Å². The number of rotatable bonds is 4. The molecule has 116 valence electrons. The number of anilines is 1. The molecule has 7 heteroatoms. The summed E-state index contributed by atoms with van der Waals surface area (Å²) in [6.45, 7) is 0. The number of thiazole rings is 1. The summed E-state index contributed by atoms with van der Waals surface area (Å²) in [7, 11) is 0. The molecule has 1 aromatic carbocycles. The molecule has 0 saturated heterocycles. The van der Waals surface area contributed by atoms with E-state index in [1.54, 1.807) is 36.3 Å². The Morgan fingerprint density at radius 1 is 1.26 bits per heavy atom. The summed E-state index contributed by atoms with van der Waals surface area (Å²) in [6.07, 6.45) is 5.37. The number of pyridine rings is 1. The van der Waals surface area contributed by atoms with E-state index in [1.807, 2.05) is 29.8 Å². The van der Waals surface area contributed by atoms with Crippen molar-refractivity contribution in [3.8, 4) is 11.3 Å². The van der Waals surface area contributed by atoms with E-state index in [0.717, 1.165) is 16.2 Å². The molecule has 4 nitrogen and oxygen atoms in total. The quantitative estimate of drug-likeness (QED) is 0.676.